The van der Waals surface area contributed by atoms with Gasteiger partial charge in [-0.2, -0.15) is 0 Å². The normalized spacial score (nSPS) is 15.0. The second-order valence-electron chi connectivity index (χ2n) is 6.08. The number of imide groups is 1. The highest BCUT2D eigenvalue weighted by Gasteiger charge is 2.35. The number of hydrogen-bond donors (Lipinski definition) is 1. The van der Waals surface area contributed by atoms with Gasteiger partial charge in [-0.15, -0.1) is 0 Å². The SMILES string of the molecule is COc1cccc(/C=C2\SC(=O)N(Cc3ccc(Cl)c(Cl)c3)C2=O)c1OCC(=O)O. The van der Waals surface area contributed by atoms with Crippen molar-refractivity contribution in [1.29, 1.82) is 0 Å². The molecular weight excluding hydrogens is 453 g/mol. The molecule has 1 heterocycles. The molecule has 1 N–H and O–H groups in total. The number of para-hydroxylation sites is 1. The lowest BCUT2D eigenvalue weighted by atomic mass is 10.1. The smallest absolute Gasteiger partial charge is 0.341 e. The average Bonchev–Trinajstić information content (AvgIpc) is 2.96. The number of amides is 2. The van der Waals surface area contributed by atoms with Crippen LogP contribution in [-0.4, -0.2) is 40.8 Å². The molecule has 30 heavy (non-hydrogen) atoms. The molecule has 0 unspecified atom stereocenters. The van der Waals surface area contributed by atoms with Crippen molar-refractivity contribution in [3.05, 3.63) is 62.5 Å². The zero-order valence-electron chi connectivity index (χ0n) is 15.6. The molecule has 156 valence electrons. The lowest BCUT2D eigenvalue weighted by molar-refractivity contribution is -0.139. The Morgan fingerprint density at radius 1 is 1.20 bits per heavy atom. The molecule has 0 aromatic heterocycles. The molecule has 0 bridgehead atoms. The van der Waals surface area contributed by atoms with Gasteiger partial charge >= 0.3 is 5.97 Å². The Balaban J connectivity index is 1.88. The Bertz CT molecular complexity index is 1060. The van der Waals surface area contributed by atoms with Crippen LogP contribution in [0.5, 0.6) is 11.5 Å². The molecule has 0 spiro atoms. The molecular formula is C20H15Cl2NO6S. The van der Waals surface area contributed by atoms with Crippen LogP contribution >= 0.6 is 35.0 Å². The third kappa shape index (κ3) is 4.89. The first-order chi connectivity index (χ1) is 14.3. The molecule has 2 aromatic carbocycles. The molecule has 0 saturated carbocycles. The zero-order valence-corrected chi connectivity index (χ0v) is 17.9. The summed E-state index contributed by atoms with van der Waals surface area (Å²) in [5.74, 6) is -1.17. The molecule has 2 amide bonds. The maximum Gasteiger partial charge on any atom is 0.341 e. The molecule has 0 aliphatic carbocycles. The summed E-state index contributed by atoms with van der Waals surface area (Å²) in [6.07, 6.45) is 1.47. The van der Waals surface area contributed by atoms with Crippen molar-refractivity contribution in [2.45, 2.75) is 6.54 Å². The minimum absolute atomic E-state index is 0.0410. The number of carboxylic acid groups (broad SMARTS) is 1. The van der Waals surface area contributed by atoms with Crippen LogP contribution in [0.25, 0.3) is 6.08 Å². The molecule has 2 aromatic rings. The van der Waals surface area contributed by atoms with Gasteiger partial charge in [-0.05, 0) is 41.6 Å². The van der Waals surface area contributed by atoms with Gasteiger partial charge < -0.3 is 14.6 Å². The van der Waals surface area contributed by atoms with Crippen LogP contribution in [-0.2, 0) is 16.1 Å². The van der Waals surface area contributed by atoms with E-state index in [1.807, 2.05) is 0 Å². The lowest BCUT2D eigenvalue weighted by Gasteiger charge is -2.13. The van der Waals surface area contributed by atoms with Gasteiger partial charge in [-0.25, -0.2) is 4.79 Å². The molecule has 1 fully saturated rings. The number of nitrogens with zero attached hydrogens (tertiary/aromatic N) is 1. The Morgan fingerprint density at radius 3 is 2.63 bits per heavy atom. The number of carbonyl (C=O) groups excluding carboxylic acids is 2. The predicted octanol–water partition coefficient (Wildman–Crippen LogP) is 4.70. The second kappa shape index (κ2) is 9.42. The third-order valence-electron chi connectivity index (χ3n) is 4.05. The summed E-state index contributed by atoms with van der Waals surface area (Å²) in [7, 11) is 1.41. The fraction of sp³-hybridized carbons (Fsp3) is 0.150. The minimum atomic E-state index is -1.16. The van der Waals surface area contributed by atoms with Gasteiger partial charge in [-0.1, -0.05) is 41.4 Å². The van der Waals surface area contributed by atoms with Crippen LogP contribution in [0.4, 0.5) is 4.79 Å². The van der Waals surface area contributed by atoms with Crippen LogP contribution in [0.15, 0.2) is 41.3 Å². The van der Waals surface area contributed by atoms with E-state index < -0.39 is 23.7 Å². The fourth-order valence-electron chi connectivity index (χ4n) is 2.69. The summed E-state index contributed by atoms with van der Waals surface area (Å²) in [5.41, 5.74) is 1.07. The maximum atomic E-state index is 12.8. The van der Waals surface area contributed by atoms with E-state index in [4.69, 9.17) is 37.8 Å². The van der Waals surface area contributed by atoms with Crippen molar-refractivity contribution < 1.29 is 29.0 Å². The highest BCUT2D eigenvalue weighted by molar-refractivity contribution is 8.18. The molecule has 0 atom stereocenters. The van der Waals surface area contributed by atoms with Crippen LogP contribution in [0.1, 0.15) is 11.1 Å². The standard InChI is InChI=1S/C20H15Cl2NO6S/c1-28-15-4-2-3-12(18(15)29-10-17(24)25)8-16-19(26)23(20(27)30-16)9-11-5-6-13(21)14(22)7-11/h2-8H,9-10H2,1H3,(H,24,25)/b16-8-. The van der Waals surface area contributed by atoms with Crippen molar-refractivity contribution in [2.24, 2.45) is 0 Å². The van der Waals surface area contributed by atoms with Gasteiger partial charge in [0.05, 0.1) is 28.6 Å². The number of carbonyl (C=O) groups is 3. The topological polar surface area (TPSA) is 93.1 Å². The van der Waals surface area contributed by atoms with Gasteiger partial charge in [0.25, 0.3) is 11.1 Å². The quantitative estimate of drug-likeness (QED) is 0.589. The summed E-state index contributed by atoms with van der Waals surface area (Å²) in [4.78, 5) is 37.3. The second-order valence-corrected chi connectivity index (χ2v) is 7.88. The van der Waals surface area contributed by atoms with Gasteiger partial charge in [0, 0.05) is 5.56 Å². The van der Waals surface area contributed by atoms with E-state index in [1.54, 1.807) is 36.4 Å². The van der Waals surface area contributed by atoms with E-state index in [0.29, 0.717) is 26.9 Å². The van der Waals surface area contributed by atoms with E-state index in [1.165, 1.54) is 13.2 Å². The third-order valence-corrected chi connectivity index (χ3v) is 5.70. The molecule has 1 saturated heterocycles. The Labute approximate surface area is 186 Å². The predicted molar refractivity (Wildman–Crippen MR) is 114 cm³/mol. The number of aliphatic carboxylic acids is 1. The summed E-state index contributed by atoms with van der Waals surface area (Å²) < 4.78 is 10.5. The maximum absolute atomic E-state index is 12.8. The van der Waals surface area contributed by atoms with Gasteiger partial charge in [0.1, 0.15) is 0 Å². The number of halogens is 2. The van der Waals surface area contributed by atoms with Gasteiger partial charge in [0.15, 0.2) is 18.1 Å². The molecule has 1 aliphatic rings. The van der Waals surface area contributed by atoms with E-state index in [0.717, 1.165) is 16.7 Å². The van der Waals surface area contributed by atoms with Gasteiger partial charge in [-0.3, -0.25) is 14.5 Å². The van der Waals surface area contributed by atoms with Crippen LogP contribution < -0.4 is 9.47 Å². The monoisotopic (exact) mass is 467 g/mol. The Morgan fingerprint density at radius 2 is 1.97 bits per heavy atom. The Hall–Kier alpha value is -2.68. The highest BCUT2D eigenvalue weighted by atomic mass is 35.5. The van der Waals surface area contributed by atoms with E-state index >= 15 is 0 Å². The van der Waals surface area contributed by atoms with Gasteiger partial charge in [0.2, 0.25) is 0 Å². The fourth-order valence-corrected chi connectivity index (χ4v) is 3.84. The van der Waals surface area contributed by atoms with Crippen LogP contribution in [0.3, 0.4) is 0 Å². The summed E-state index contributed by atoms with van der Waals surface area (Å²) in [6.45, 7) is -0.542. The number of methoxy groups -OCH3 is 1. The van der Waals surface area contributed by atoms with E-state index in [-0.39, 0.29) is 17.2 Å². The zero-order chi connectivity index (χ0) is 21.8. The van der Waals surface area contributed by atoms with Crippen molar-refractivity contribution in [3.8, 4) is 11.5 Å². The van der Waals surface area contributed by atoms with Crippen molar-refractivity contribution >= 4 is 58.2 Å². The number of benzene rings is 2. The van der Waals surface area contributed by atoms with Crippen LogP contribution in [0.2, 0.25) is 10.0 Å². The molecule has 0 radical (unpaired) electrons. The highest BCUT2D eigenvalue weighted by Crippen LogP contribution is 2.38. The number of thioether (sulfide) groups is 1. The van der Waals surface area contributed by atoms with Crippen LogP contribution in [0, 0.1) is 0 Å². The number of hydrogen-bond acceptors (Lipinski definition) is 6. The van der Waals surface area contributed by atoms with E-state index in [2.05, 4.69) is 0 Å². The Kier molecular flexibility index (Phi) is 6.91. The molecule has 10 heteroatoms. The number of rotatable bonds is 7. The summed E-state index contributed by atoms with van der Waals surface area (Å²) in [5, 5.41) is 9.16. The summed E-state index contributed by atoms with van der Waals surface area (Å²) >= 11 is 12.7. The number of carboxylic acids is 1. The first-order valence-corrected chi connectivity index (χ1v) is 10.1. The minimum Gasteiger partial charge on any atom is -0.493 e. The first-order valence-electron chi connectivity index (χ1n) is 8.51. The molecule has 7 nitrogen and oxygen atoms in total. The molecule has 3 rings (SSSR count). The summed E-state index contributed by atoms with van der Waals surface area (Å²) in [6, 6.07) is 9.77. The van der Waals surface area contributed by atoms with Crippen molar-refractivity contribution in [1.82, 2.24) is 4.90 Å². The first kappa shape index (κ1) is 22.0. The average molecular weight is 468 g/mol. The van der Waals surface area contributed by atoms with Crippen molar-refractivity contribution in [3.63, 3.8) is 0 Å². The van der Waals surface area contributed by atoms with Crippen molar-refractivity contribution in [2.75, 3.05) is 13.7 Å². The lowest BCUT2D eigenvalue weighted by Crippen LogP contribution is -2.27. The number of ether oxygens (including phenoxy) is 2. The van der Waals surface area contributed by atoms with E-state index in [9.17, 15) is 14.4 Å². The largest absolute Gasteiger partial charge is 0.493 e. The molecule has 1 aliphatic heterocycles.